The van der Waals surface area contributed by atoms with Crippen LogP contribution in [0.15, 0.2) is 18.2 Å². The third-order valence-electron chi connectivity index (χ3n) is 3.00. The average Bonchev–Trinajstić information content (AvgIpc) is 2.34. The molecule has 0 aromatic heterocycles. The highest BCUT2D eigenvalue weighted by Gasteiger charge is 1.99. The summed E-state index contributed by atoms with van der Waals surface area (Å²) < 4.78 is 0. The van der Waals surface area contributed by atoms with Crippen LogP contribution in [0.4, 0.5) is 0 Å². The van der Waals surface area contributed by atoms with E-state index in [4.69, 9.17) is 5.26 Å². The van der Waals surface area contributed by atoms with E-state index in [9.17, 15) is 0 Å². The van der Waals surface area contributed by atoms with Crippen molar-refractivity contribution in [1.29, 1.82) is 5.26 Å². The van der Waals surface area contributed by atoms with Crippen LogP contribution < -0.4 is 5.32 Å². The zero-order chi connectivity index (χ0) is 13.4. The van der Waals surface area contributed by atoms with E-state index in [1.165, 1.54) is 24.0 Å². The van der Waals surface area contributed by atoms with Gasteiger partial charge in [-0.25, -0.2) is 0 Å². The van der Waals surface area contributed by atoms with Gasteiger partial charge in [-0.2, -0.15) is 5.26 Å². The molecule has 1 rings (SSSR count). The molecule has 0 aliphatic carbocycles. The molecule has 1 aromatic carbocycles. The number of hydrogen-bond donors (Lipinski definition) is 1. The Labute approximate surface area is 110 Å². The number of rotatable bonds is 7. The lowest BCUT2D eigenvalue weighted by atomic mass is 10.1. The number of hydrogen-bond acceptors (Lipinski definition) is 3. The Bertz CT molecular complexity index is 405. The van der Waals surface area contributed by atoms with Crippen molar-refractivity contribution in [2.75, 3.05) is 27.2 Å². The van der Waals surface area contributed by atoms with E-state index in [1.807, 2.05) is 18.2 Å². The molecule has 0 fully saturated rings. The van der Waals surface area contributed by atoms with Gasteiger partial charge in [0.2, 0.25) is 0 Å². The van der Waals surface area contributed by atoms with Gasteiger partial charge in [0.05, 0.1) is 11.6 Å². The Hall–Kier alpha value is -1.37. The van der Waals surface area contributed by atoms with Crippen LogP contribution in [0, 0.1) is 18.3 Å². The highest BCUT2D eigenvalue weighted by Crippen LogP contribution is 2.10. The third-order valence-corrected chi connectivity index (χ3v) is 3.00. The summed E-state index contributed by atoms with van der Waals surface area (Å²) in [6.45, 7) is 5.15. The predicted octanol–water partition coefficient (Wildman–Crippen LogP) is 2.30. The lowest BCUT2D eigenvalue weighted by molar-refractivity contribution is 0.391. The van der Waals surface area contributed by atoms with Crippen molar-refractivity contribution in [3.63, 3.8) is 0 Å². The topological polar surface area (TPSA) is 39.1 Å². The molecule has 0 saturated heterocycles. The molecule has 1 N–H and O–H groups in total. The Morgan fingerprint density at radius 3 is 2.67 bits per heavy atom. The second-order valence-corrected chi connectivity index (χ2v) is 4.94. The molecule has 0 atom stereocenters. The summed E-state index contributed by atoms with van der Waals surface area (Å²) >= 11 is 0. The van der Waals surface area contributed by atoms with Gasteiger partial charge in [-0.05, 0) is 70.2 Å². The lowest BCUT2D eigenvalue weighted by Gasteiger charge is -2.10. The van der Waals surface area contributed by atoms with E-state index in [0.29, 0.717) is 0 Å². The van der Waals surface area contributed by atoms with Gasteiger partial charge in [0, 0.05) is 6.54 Å². The summed E-state index contributed by atoms with van der Waals surface area (Å²) in [6, 6.07) is 8.04. The van der Waals surface area contributed by atoms with Crippen molar-refractivity contribution >= 4 is 0 Å². The van der Waals surface area contributed by atoms with Gasteiger partial charge in [0.1, 0.15) is 0 Å². The first-order valence-corrected chi connectivity index (χ1v) is 6.48. The van der Waals surface area contributed by atoms with Crippen LogP contribution >= 0.6 is 0 Å². The van der Waals surface area contributed by atoms with Crippen LogP contribution in [0.5, 0.6) is 0 Å². The zero-order valence-corrected chi connectivity index (χ0v) is 11.7. The second-order valence-electron chi connectivity index (χ2n) is 4.94. The first-order valence-electron chi connectivity index (χ1n) is 6.48. The molecule has 0 aliphatic rings. The fraction of sp³-hybridized carbons (Fsp3) is 0.533. The van der Waals surface area contributed by atoms with Gasteiger partial charge < -0.3 is 10.2 Å². The molecule has 0 unspecified atom stereocenters. The molecule has 98 valence electrons. The van der Waals surface area contributed by atoms with Gasteiger partial charge in [0.15, 0.2) is 0 Å². The van der Waals surface area contributed by atoms with E-state index >= 15 is 0 Å². The average molecular weight is 245 g/mol. The summed E-state index contributed by atoms with van der Waals surface area (Å²) in [5, 5.41) is 12.3. The number of nitrogens with one attached hydrogen (secondary N) is 1. The Morgan fingerprint density at radius 1 is 1.28 bits per heavy atom. The number of nitrogens with zero attached hydrogens (tertiary/aromatic N) is 2. The van der Waals surface area contributed by atoms with Crippen molar-refractivity contribution in [3.8, 4) is 6.07 Å². The van der Waals surface area contributed by atoms with E-state index in [1.54, 1.807) is 0 Å². The number of benzene rings is 1. The van der Waals surface area contributed by atoms with Crippen molar-refractivity contribution in [3.05, 3.63) is 34.9 Å². The quantitative estimate of drug-likeness (QED) is 0.749. The molecule has 3 heteroatoms. The third kappa shape index (κ3) is 5.31. The fourth-order valence-corrected chi connectivity index (χ4v) is 1.86. The minimum atomic E-state index is 0.738. The lowest BCUT2D eigenvalue weighted by Crippen LogP contribution is -2.18. The Kier molecular flexibility index (Phi) is 6.42. The highest BCUT2D eigenvalue weighted by atomic mass is 15.0. The molecule has 0 saturated carbocycles. The molecule has 3 nitrogen and oxygen atoms in total. The van der Waals surface area contributed by atoms with Gasteiger partial charge in [-0.1, -0.05) is 6.07 Å². The van der Waals surface area contributed by atoms with Gasteiger partial charge >= 0.3 is 0 Å². The van der Waals surface area contributed by atoms with Crippen molar-refractivity contribution < 1.29 is 0 Å². The van der Waals surface area contributed by atoms with Gasteiger partial charge in [-0.3, -0.25) is 0 Å². The van der Waals surface area contributed by atoms with Crippen molar-refractivity contribution in [2.45, 2.75) is 26.3 Å². The highest BCUT2D eigenvalue weighted by molar-refractivity contribution is 5.37. The molecule has 0 spiro atoms. The standard InChI is InChI=1S/C15H23N3/c1-13-10-14(11-16)6-7-15(13)12-17-8-4-5-9-18(2)3/h6-7,10,17H,4-5,8-9,12H2,1-3H3. The van der Waals surface area contributed by atoms with Gasteiger partial charge in [-0.15, -0.1) is 0 Å². The Balaban J connectivity index is 2.25. The zero-order valence-electron chi connectivity index (χ0n) is 11.7. The van der Waals surface area contributed by atoms with Crippen LogP contribution in [0.25, 0.3) is 0 Å². The summed E-state index contributed by atoms with van der Waals surface area (Å²) in [6.07, 6.45) is 2.43. The molecule has 1 aromatic rings. The molecular formula is C15H23N3. The Morgan fingerprint density at radius 2 is 2.06 bits per heavy atom. The second kappa shape index (κ2) is 7.86. The first kappa shape index (κ1) is 14.7. The minimum Gasteiger partial charge on any atom is -0.313 e. The van der Waals surface area contributed by atoms with E-state index in [-0.39, 0.29) is 0 Å². The monoisotopic (exact) mass is 245 g/mol. The summed E-state index contributed by atoms with van der Waals surface area (Å²) in [4.78, 5) is 2.21. The van der Waals surface area contributed by atoms with E-state index in [0.717, 1.165) is 25.2 Å². The van der Waals surface area contributed by atoms with Crippen molar-refractivity contribution in [2.24, 2.45) is 0 Å². The summed E-state index contributed by atoms with van der Waals surface area (Å²) in [5.74, 6) is 0. The first-order chi connectivity index (χ1) is 8.63. The van der Waals surface area contributed by atoms with Crippen LogP contribution in [0.3, 0.4) is 0 Å². The maximum absolute atomic E-state index is 8.80. The normalized spacial score (nSPS) is 10.6. The summed E-state index contributed by atoms with van der Waals surface area (Å²) in [7, 11) is 4.21. The fourth-order valence-electron chi connectivity index (χ4n) is 1.86. The number of unbranched alkanes of at least 4 members (excludes halogenated alkanes) is 1. The smallest absolute Gasteiger partial charge is 0.0991 e. The molecular weight excluding hydrogens is 222 g/mol. The van der Waals surface area contributed by atoms with Crippen LogP contribution in [-0.4, -0.2) is 32.1 Å². The SMILES string of the molecule is Cc1cc(C#N)ccc1CNCCCCN(C)C. The van der Waals surface area contributed by atoms with Crippen LogP contribution in [-0.2, 0) is 6.54 Å². The molecule has 0 amide bonds. The number of aryl methyl sites for hydroxylation is 1. The van der Waals surface area contributed by atoms with Crippen LogP contribution in [0.1, 0.15) is 29.5 Å². The molecule has 0 aliphatic heterocycles. The molecule has 18 heavy (non-hydrogen) atoms. The molecule has 0 heterocycles. The van der Waals surface area contributed by atoms with E-state index < -0.39 is 0 Å². The van der Waals surface area contributed by atoms with E-state index in [2.05, 4.69) is 37.3 Å². The van der Waals surface area contributed by atoms with Crippen molar-refractivity contribution in [1.82, 2.24) is 10.2 Å². The minimum absolute atomic E-state index is 0.738. The number of nitriles is 1. The maximum atomic E-state index is 8.80. The van der Waals surface area contributed by atoms with Gasteiger partial charge in [0.25, 0.3) is 0 Å². The molecule has 0 radical (unpaired) electrons. The molecule has 0 bridgehead atoms. The largest absolute Gasteiger partial charge is 0.313 e. The maximum Gasteiger partial charge on any atom is 0.0991 e. The summed E-state index contributed by atoms with van der Waals surface area (Å²) in [5.41, 5.74) is 3.21. The van der Waals surface area contributed by atoms with Crippen LogP contribution in [0.2, 0.25) is 0 Å². The predicted molar refractivity (Wildman–Crippen MR) is 75.4 cm³/mol.